The van der Waals surface area contributed by atoms with Crippen LogP contribution >= 0.6 is 0 Å². The number of rotatable bonds is 10. The van der Waals surface area contributed by atoms with E-state index >= 15 is 0 Å². The van der Waals surface area contributed by atoms with E-state index in [2.05, 4.69) is 27.0 Å². The number of para-hydroxylation sites is 1. The van der Waals surface area contributed by atoms with Crippen molar-refractivity contribution in [2.75, 3.05) is 18.4 Å². The average Bonchev–Trinajstić information content (AvgIpc) is 3.75. The van der Waals surface area contributed by atoms with Gasteiger partial charge in [0.1, 0.15) is 17.4 Å². The molecule has 1 atom stereocenters. The lowest BCUT2D eigenvalue weighted by Crippen LogP contribution is -2.44. The molecule has 13 nitrogen and oxygen atoms in total. The normalized spacial score (nSPS) is 22.9. The van der Waals surface area contributed by atoms with Gasteiger partial charge in [0, 0.05) is 36.3 Å². The summed E-state index contributed by atoms with van der Waals surface area (Å²) >= 11 is 0. The van der Waals surface area contributed by atoms with Crippen molar-refractivity contribution in [1.82, 2.24) is 34.5 Å². The quantitative estimate of drug-likeness (QED) is 0.111. The summed E-state index contributed by atoms with van der Waals surface area (Å²) in [6, 6.07) is 12.0. The predicted octanol–water partition coefficient (Wildman–Crippen LogP) is 6.86. The topological polar surface area (TPSA) is 165 Å². The molecule has 1 saturated heterocycles. The number of imidazole rings is 1. The number of aliphatic hydroxyl groups is 1. The first-order chi connectivity index (χ1) is 28.5. The van der Waals surface area contributed by atoms with E-state index in [1.807, 2.05) is 23.0 Å². The minimum Gasteiger partial charge on any atom is -0.386 e. The van der Waals surface area contributed by atoms with Gasteiger partial charge < -0.3 is 15.7 Å². The zero-order chi connectivity index (χ0) is 42.5. The van der Waals surface area contributed by atoms with Gasteiger partial charge in [-0.3, -0.25) is 33.5 Å². The zero-order valence-corrected chi connectivity index (χ0v) is 34.0. The Balaban J connectivity index is 0.842. The molecule has 16 heteroatoms. The minimum absolute atomic E-state index is 0.187. The number of alkyl halides is 3. The van der Waals surface area contributed by atoms with Crippen molar-refractivity contribution in [3.05, 3.63) is 87.7 Å². The number of aryl methyl sites for hydroxylation is 1. The highest BCUT2D eigenvalue weighted by atomic mass is 19.4. The first-order valence-corrected chi connectivity index (χ1v) is 20.9. The maximum absolute atomic E-state index is 13.4. The van der Waals surface area contributed by atoms with Crippen molar-refractivity contribution in [1.29, 1.82) is 0 Å². The van der Waals surface area contributed by atoms with Crippen LogP contribution in [0.2, 0.25) is 0 Å². The summed E-state index contributed by atoms with van der Waals surface area (Å²) in [6.07, 6.45) is 5.94. The SMILES string of the molecule is Cn1c(=O)n(C2CCC(=O)NC2=O)c2cccc(C3CCC(CNCC4CCC(n5cc6cc(NC(=O)c7cccc(C(F)(F)F)n7)c(C(C)(C)O)cc6n5)CC4)CC3)c21. The molecule has 0 spiro atoms. The number of aromatic nitrogens is 5. The maximum atomic E-state index is 13.4. The van der Waals surface area contributed by atoms with Crippen LogP contribution in [0.1, 0.15) is 123 Å². The van der Waals surface area contributed by atoms with Crippen molar-refractivity contribution in [2.24, 2.45) is 18.9 Å². The number of pyridine rings is 1. The standard InChI is InChI=1S/C44H51F3N8O5/c1-43(2,60)31-21-33-28(20-34(31)50-40(57)32-7-5-9-37(49-32)44(45,46)47)24-54(52-33)29-16-12-26(13-17-29)23-48-22-25-10-14-27(15-11-25)30-6-4-8-35-39(30)53(3)42(59)55(35)36-18-19-38(56)51-41(36)58/h4-9,20-21,24-27,29,36,48,60H,10-19,22-23H2,1-3H3,(H,50,57)(H,51,56,58). The summed E-state index contributed by atoms with van der Waals surface area (Å²) < 4.78 is 44.9. The van der Waals surface area contributed by atoms with E-state index < -0.39 is 35.3 Å². The molecule has 2 aliphatic carbocycles. The van der Waals surface area contributed by atoms with E-state index in [0.717, 1.165) is 98.6 Å². The van der Waals surface area contributed by atoms with Crippen LogP contribution in [0.5, 0.6) is 0 Å². The summed E-state index contributed by atoms with van der Waals surface area (Å²) in [7, 11) is 1.76. The van der Waals surface area contributed by atoms with Gasteiger partial charge in [-0.1, -0.05) is 18.2 Å². The van der Waals surface area contributed by atoms with E-state index in [0.29, 0.717) is 35.3 Å². The molecule has 8 rings (SSSR count). The van der Waals surface area contributed by atoms with Crippen LogP contribution in [0.25, 0.3) is 21.9 Å². The molecule has 3 fully saturated rings. The number of benzene rings is 2. The van der Waals surface area contributed by atoms with Gasteiger partial charge >= 0.3 is 11.9 Å². The van der Waals surface area contributed by atoms with Crippen molar-refractivity contribution >= 4 is 45.3 Å². The van der Waals surface area contributed by atoms with Crippen LogP contribution in [0, 0.1) is 11.8 Å². The van der Waals surface area contributed by atoms with Gasteiger partial charge in [0.25, 0.3) is 5.91 Å². The molecule has 318 valence electrons. The van der Waals surface area contributed by atoms with Crippen molar-refractivity contribution in [3.63, 3.8) is 0 Å². The molecule has 3 aliphatic rings. The number of anilines is 1. The van der Waals surface area contributed by atoms with Gasteiger partial charge in [0.15, 0.2) is 0 Å². The van der Waals surface area contributed by atoms with Gasteiger partial charge in [0.05, 0.1) is 28.2 Å². The monoisotopic (exact) mass is 828 g/mol. The molecule has 4 heterocycles. The van der Waals surface area contributed by atoms with Crippen LogP contribution in [0.3, 0.4) is 0 Å². The molecule has 1 unspecified atom stereocenters. The van der Waals surface area contributed by atoms with Crippen LogP contribution in [-0.2, 0) is 28.4 Å². The molecule has 0 bridgehead atoms. The predicted molar refractivity (Wildman–Crippen MR) is 219 cm³/mol. The van der Waals surface area contributed by atoms with E-state index in [4.69, 9.17) is 5.10 Å². The average molecular weight is 829 g/mol. The second kappa shape index (κ2) is 16.3. The zero-order valence-electron chi connectivity index (χ0n) is 34.0. The number of fused-ring (bicyclic) bond motifs is 2. The molecule has 2 aromatic carbocycles. The smallest absolute Gasteiger partial charge is 0.386 e. The fourth-order valence-corrected chi connectivity index (χ4v) is 9.60. The number of nitrogens with zero attached hydrogens (tertiary/aromatic N) is 5. The number of hydrogen-bond acceptors (Lipinski definition) is 8. The number of hydrogen-bond donors (Lipinski definition) is 4. The number of nitrogens with one attached hydrogen (secondary N) is 3. The lowest BCUT2D eigenvalue weighted by molar-refractivity contribution is -0.141. The highest BCUT2D eigenvalue weighted by molar-refractivity contribution is 6.04. The Kier molecular flexibility index (Phi) is 11.2. The third kappa shape index (κ3) is 8.36. The summed E-state index contributed by atoms with van der Waals surface area (Å²) in [5.74, 6) is -0.127. The fourth-order valence-electron chi connectivity index (χ4n) is 9.60. The molecule has 2 saturated carbocycles. The number of carbonyl (C=O) groups excluding carboxylic acids is 3. The molecule has 60 heavy (non-hydrogen) atoms. The van der Waals surface area contributed by atoms with Gasteiger partial charge in [-0.15, -0.1) is 0 Å². The fraction of sp³-hybridized carbons (Fsp3) is 0.500. The number of amides is 3. The van der Waals surface area contributed by atoms with Crippen LogP contribution in [-0.4, -0.2) is 59.8 Å². The first kappa shape index (κ1) is 41.4. The number of piperidine rings is 1. The third-order valence-corrected chi connectivity index (χ3v) is 12.8. The molecule has 5 aromatic rings. The van der Waals surface area contributed by atoms with E-state index in [1.165, 1.54) is 6.07 Å². The Hall–Kier alpha value is -5.35. The van der Waals surface area contributed by atoms with Crippen molar-refractivity contribution in [2.45, 2.75) is 108 Å². The lowest BCUT2D eigenvalue weighted by atomic mass is 9.78. The summed E-state index contributed by atoms with van der Waals surface area (Å²) in [5.41, 5.74) is 0.880. The third-order valence-electron chi connectivity index (χ3n) is 12.8. The molecule has 3 aromatic heterocycles. The molecule has 4 N–H and O–H groups in total. The van der Waals surface area contributed by atoms with Crippen molar-refractivity contribution < 1.29 is 32.7 Å². The summed E-state index contributed by atoms with van der Waals surface area (Å²) in [4.78, 5) is 54.5. The summed E-state index contributed by atoms with van der Waals surface area (Å²) in [6.45, 7) is 5.05. The molecule has 0 radical (unpaired) electrons. The van der Waals surface area contributed by atoms with Gasteiger partial charge in [-0.25, -0.2) is 9.78 Å². The molecular formula is C44H51F3N8O5. The number of halogens is 3. The minimum atomic E-state index is -4.69. The van der Waals surface area contributed by atoms with E-state index in [-0.39, 0.29) is 35.4 Å². The highest BCUT2D eigenvalue weighted by Crippen LogP contribution is 2.40. The summed E-state index contributed by atoms with van der Waals surface area (Å²) in [5, 5.41) is 25.4. The van der Waals surface area contributed by atoms with E-state index in [1.54, 1.807) is 42.2 Å². The molecular weight excluding hydrogens is 778 g/mol. The lowest BCUT2D eigenvalue weighted by Gasteiger charge is -2.31. The maximum Gasteiger partial charge on any atom is 0.433 e. The van der Waals surface area contributed by atoms with E-state index in [9.17, 15) is 37.5 Å². The van der Waals surface area contributed by atoms with Gasteiger partial charge in [0.2, 0.25) is 11.8 Å². The second-order valence-electron chi connectivity index (χ2n) is 17.4. The van der Waals surface area contributed by atoms with Crippen LogP contribution in [0.4, 0.5) is 18.9 Å². The van der Waals surface area contributed by atoms with Gasteiger partial charge in [-0.05, 0) is 138 Å². The molecule has 3 amide bonds. The van der Waals surface area contributed by atoms with Gasteiger partial charge in [-0.2, -0.15) is 18.3 Å². The van der Waals surface area contributed by atoms with Crippen molar-refractivity contribution in [3.8, 4) is 0 Å². The highest BCUT2D eigenvalue weighted by Gasteiger charge is 2.35. The Labute approximate surface area is 344 Å². The first-order valence-electron chi connectivity index (χ1n) is 20.9. The van der Waals surface area contributed by atoms with Crippen LogP contribution < -0.4 is 21.6 Å². The second-order valence-corrected chi connectivity index (χ2v) is 17.4. The Morgan fingerprint density at radius 2 is 1.60 bits per heavy atom. The Morgan fingerprint density at radius 3 is 2.27 bits per heavy atom. The number of imide groups is 1. The number of carbonyl (C=O) groups is 3. The Morgan fingerprint density at radius 1 is 0.917 bits per heavy atom. The largest absolute Gasteiger partial charge is 0.433 e. The van der Waals surface area contributed by atoms with Crippen LogP contribution in [0.15, 0.2) is 59.5 Å². The Bertz CT molecular complexity index is 2500. The molecule has 1 aliphatic heterocycles.